The van der Waals surface area contributed by atoms with Crippen LogP contribution >= 0.6 is 0 Å². The number of pyridine rings is 1. The van der Waals surface area contributed by atoms with Gasteiger partial charge in [0.15, 0.2) is 0 Å². The molecule has 0 aliphatic carbocycles. The number of carbonyl (C=O) groups is 1. The molecule has 2 aromatic rings. The van der Waals surface area contributed by atoms with Crippen molar-refractivity contribution in [3.63, 3.8) is 0 Å². The van der Waals surface area contributed by atoms with E-state index in [9.17, 15) is 4.79 Å². The van der Waals surface area contributed by atoms with Gasteiger partial charge in [0.1, 0.15) is 0 Å². The second-order valence-electron chi connectivity index (χ2n) is 4.72. The smallest absolute Gasteiger partial charge is 0.317 e. The molecule has 102 valence electrons. The van der Waals surface area contributed by atoms with Gasteiger partial charge in [-0.1, -0.05) is 18.1 Å². The van der Waals surface area contributed by atoms with Crippen LogP contribution in [0.4, 0.5) is 0 Å². The van der Waals surface area contributed by atoms with Crippen molar-refractivity contribution in [2.24, 2.45) is 0 Å². The van der Waals surface area contributed by atoms with Crippen LogP contribution in [-0.2, 0) is 11.3 Å². The highest BCUT2D eigenvalue weighted by Crippen LogP contribution is 2.16. The van der Waals surface area contributed by atoms with E-state index in [0.29, 0.717) is 13.1 Å². The Labute approximate surface area is 118 Å². The van der Waals surface area contributed by atoms with Gasteiger partial charge >= 0.3 is 5.97 Å². The Balaban J connectivity index is 2.21. The van der Waals surface area contributed by atoms with Gasteiger partial charge in [-0.2, -0.15) is 0 Å². The van der Waals surface area contributed by atoms with Gasteiger partial charge in [-0.15, -0.1) is 6.42 Å². The van der Waals surface area contributed by atoms with Crippen molar-refractivity contribution in [1.82, 2.24) is 9.88 Å². The Morgan fingerprint density at radius 2 is 2.20 bits per heavy atom. The van der Waals surface area contributed by atoms with E-state index in [0.717, 1.165) is 22.2 Å². The normalized spacial score (nSPS) is 10.7. The summed E-state index contributed by atoms with van der Waals surface area (Å²) < 4.78 is 0. The molecule has 0 fully saturated rings. The van der Waals surface area contributed by atoms with E-state index in [-0.39, 0.29) is 6.54 Å². The first-order valence-electron chi connectivity index (χ1n) is 6.32. The Kier molecular flexibility index (Phi) is 4.34. The average molecular weight is 268 g/mol. The first kappa shape index (κ1) is 14.0. The molecule has 4 heteroatoms. The monoisotopic (exact) mass is 268 g/mol. The lowest BCUT2D eigenvalue weighted by Gasteiger charge is -2.17. The Morgan fingerprint density at radius 3 is 2.90 bits per heavy atom. The number of aryl methyl sites for hydroxylation is 1. The van der Waals surface area contributed by atoms with Gasteiger partial charge in [0.05, 0.1) is 18.6 Å². The first-order chi connectivity index (χ1) is 9.58. The van der Waals surface area contributed by atoms with E-state index in [1.54, 1.807) is 4.90 Å². The van der Waals surface area contributed by atoms with E-state index in [1.165, 1.54) is 0 Å². The number of hydrogen-bond acceptors (Lipinski definition) is 3. The minimum Gasteiger partial charge on any atom is -0.480 e. The van der Waals surface area contributed by atoms with E-state index in [2.05, 4.69) is 10.9 Å². The summed E-state index contributed by atoms with van der Waals surface area (Å²) in [5.41, 5.74) is 2.94. The fourth-order valence-corrected chi connectivity index (χ4v) is 2.12. The van der Waals surface area contributed by atoms with Crippen molar-refractivity contribution in [1.29, 1.82) is 0 Å². The van der Waals surface area contributed by atoms with E-state index >= 15 is 0 Å². The fourth-order valence-electron chi connectivity index (χ4n) is 2.12. The zero-order chi connectivity index (χ0) is 14.5. The van der Waals surface area contributed by atoms with Gasteiger partial charge in [-0.3, -0.25) is 14.7 Å². The highest BCUT2D eigenvalue weighted by Gasteiger charge is 2.09. The molecule has 2 rings (SSSR count). The molecule has 0 aliphatic heterocycles. The van der Waals surface area contributed by atoms with Crippen molar-refractivity contribution < 1.29 is 9.90 Å². The number of hydrogen-bond donors (Lipinski definition) is 1. The molecular formula is C16H16N2O2. The fraction of sp³-hybridized carbons (Fsp3) is 0.250. The number of aliphatic carboxylic acids is 1. The van der Waals surface area contributed by atoms with Crippen LogP contribution in [0.3, 0.4) is 0 Å². The maximum Gasteiger partial charge on any atom is 0.317 e. The predicted octanol–water partition coefficient (Wildman–Crippen LogP) is 2.06. The predicted molar refractivity (Wildman–Crippen MR) is 78.2 cm³/mol. The van der Waals surface area contributed by atoms with Crippen LogP contribution in [-0.4, -0.2) is 34.0 Å². The van der Waals surface area contributed by atoms with Crippen molar-refractivity contribution in [2.75, 3.05) is 13.1 Å². The molecule has 0 radical (unpaired) electrons. The SMILES string of the molecule is C#CCN(CC(=O)O)Cc1ccc2nc(C)ccc2c1. The van der Waals surface area contributed by atoms with Crippen molar-refractivity contribution >= 4 is 16.9 Å². The molecule has 1 aromatic carbocycles. The Bertz CT molecular complexity index is 674. The van der Waals surface area contributed by atoms with Crippen molar-refractivity contribution in [3.8, 4) is 12.3 Å². The summed E-state index contributed by atoms with van der Waals surface area (Å²) in [6, 6.07) is 9.91. The van der Waals surface area contributed by atoms with E-state index in [4.69, 9.17) is 11.5 Å². The minimum absolute atomic E-state index is 0.0611. The number of rotatable bonds is 5. The van der Waals surface area contributed by atoms with E-state index in [1.807, 2.05) is 37.3 Å². The molecule has 4 nitrogen and oxygen atoms in total. The number of nitrogens with zero attached hydrogens (tertiary/aromatic N) is 2. The molecule has 1 N–H and O–H groups in total. The van der Waals surface area contributed by atoms with Crippen LogP contribution in [0.15, 0.2) is 30.3 Å². The Hall–Kier alpha value is -2.38. The van der Waals surface area contributed by atoms with Crippen molar-refractivity contribution in [3.05, 3.63) is 41.6 Å². The van der Waals surface area contributed by atoms with Crippen LogP contribution in [0.5, 0.6) is 0 Å². The third kappa shape index (κ3) is 3.56. The van der Waals surface area contributed by atoms with Crippen LogP contribution in [0, 0.1) is 19.3 Å². The second-order valence-corrected chi connectivity index (χ2v) is 4.72. The number of terminal acetylenes is 1. The minimum atomic E-state index is -0.877. The largest absolute Gasteiger partial charge is 0.480 e. The van der Waals surface area contributed by atoms with Gasteiger partial charge in [0.2, 0.25) is 0 Å². The molecule has 20 heavy (non-hydrogen) atoms. The van der Waals surface area contributed by atoms with Gasteiger partial charge in [-0.05, 0) is 30.7 Å². The maximum absolute atomic E-state index is 10.8. The standard InChI is InChI=1S/C16H16N2O2/c1-3-8-18(11-16(19)20)10-13-5-7-15-14(9-13)6-4-12(2)17-15/h1,4-7,9H,8,10-11H2,2H3,(H,19,20). The zero-order valence-electron chi connectivity index (χ0n) is 11.3. The number of benzene rings is 1. The first-order valence-corrected chi connectivity index (χ1v) is 6.32. The number of fused-ring (bicyclic) bond motifs is 1. The summed E-state index contributed by atoms with van der Waals surface area (Å²) in [6.45, 7) is 2.72. The zero-order valence-corrected chi connectivity index (χ0v) is 11.3. The molecule has 0 amide bonds. The quantitative estimate of drug-likeness (QED) is 0.843. The number of carboxylic acids is 1. The molecule has 0 atom stereocenters. The molecule has 1 heterocycles. The summed E-state index contributed by atoms with van der Waals surface area (Å²) in [7, 11) is 0. The third-order valence-corrected chi connectivity index (χ3v) is 2.97. The van der Waals surface area contributed by atoms with Gasteiger partial charge in [0, 0.05) is 17.6 Å². The lowest BCUT2D eigenvalue weighted by Crippen LogP contribution is -2.29. The van der Waals surface area contributed by atoms with Gasteiger partial charge in [-0.25, -0.2) is 0 Å². The third-order valence-electron chi connectivity index (χ3n) is 2.97. The lowest BCUT2D eigenvalue weighted by atomic mass is 10.1. The molecule has 0 saturated carbocycles. The molecule has 1 aromatic heterocycles. The molecule has 0 saturated heterocycles. The van der Waals surface area contributed by atoms with Crippen molar-refractivity contribution in [2.45, 2.75) is 13.5 Å². The molecule has 0 aliphatic rings. The summed E-state index contributed by atoms with van der Waals surface area (Å²) >= 11 is 0. The topological polar surface area (TPSA) is 53.4 Å². The van der Waals surface area contributed by atoms with Crippen LogP contribution in [0.2, 0.25) is 0 Å². The summed E-state index contributed by atoms with van der Waals surface area (Å²) in [5, 5.41) is 9.92. The average Bonchev–Trinajstić information content (AvgIpc) is 2.38. The molecular weight excluding hydrogens is 252 g/mol. The highest BCUT2D eigenvalue weighted by molar-refractivity contribution is 5.79. The number of carboxylic acid groups (broad SMARTS) is 1. The van der Waals surface area contributed by atoms with Gasteiger partial charge < -0.3 is 5.11 Å². The van der Waals surface area contributed by atoms with Gasteiger partial charge in [0.25, 0.3) is 0 Å². The van der Waals surface area contributed by atoms with E-state index < -0.39 is 5.97 Å². The number of aromatic nitrogens is 1. The maximum atomic E-state index is 10.8. The summed E-state index contributed by atoms with van der Waals surface area (Å²) in [4.78, 5) is 17.0. The highest BCUT2D eigenvalue weighted by atomic mass is 16.4. The lowest BCUT2D eigenvalue weighted by molar-refractivity contribution is -0.138. The Morgan fingerprint density at radius 1 is 1.40 bits per heavy atom. The van der Waals surface area contributed by atoms with Crippen LogP contribution < -0.4 is 0 Å². The summed E-state index contributed by atoms with van der Waals surface area (Å²) in [5.74, 6) is 1.61. The van der Waals surface area contributed by atoms with Crippen LogP contribution in [0.1, 0.15) is 11.3 Å². The van der Waals surface area contributed by atoms with Crippen LogP contribution in [0.25, 0.3) is 10.9 Å². The molecule has 0 spiro atoms. The molecule has 0 unspecified atom stereocenters. The summed E-state index contributed by atoms with van der Waals surface area (Å²) in [6.07, 6.45) is 5.27. The second kappa shape index (κ2) is 6.18. The molecule has 0 bridgehead atoms.